The number of rotatable bonds is 5. The van der Waals surface area contributed by atoms with E-state index in [0.29, 0.717) is 29.3 Å². The lowest BCUT2D eigenvalue weighted by Crippen LogP contribution is -2.34. The van der Waals surface area contributed by atoms with Crippen LogP contribution in [0, 0.1) is 5.92 Å². The zero-order valence-corrected chi connectivity index (χ0v) is 14.0. The second-order valence-corrected chi connectivity index (χ2v) is 6.76. The molecule has 2 aromatic rings. The summed E-state index contributed by atoms with van der Waals surface area (Å²) in [5.74, 6) is 1.39. The van der Waals surface area contributed by atoms with Gasteiger partial charge in [-0.2, -0.15) is 0 Å². The summed E-state index contributed by atoms with van der Waals surface area (Å²) in [5, 5.41) is 18.9. The molecule has 2 unspecified atom stereocenters. The topological polar surface area (TPSA) is 62.4 Å². The smallest absolute Gasteiger partial charge is 0.247 e. The molecule has 0 spiro atoms. The normalized spacial score (nSPS) is 21.7. The molecule has 5 nitrogen and oxygen atoms in total. The highest BCUT2D eigenvalue weighted by atomic mass is 35.5. The summed E-state index contributed by atoms with van der Waals surface area (Å²) in [5.41, 5.74) is 0.821. The molecule has 0 bridgehead atoms. The van der Waals surface area contributed by atoms with E-state index in [4.69, 9.17) is 16.0 Å². The second-order valence-electron chi connectivity index (χ2n) is 6.32. The number of benzene rings is 1. The fourth-order valence-electron chi connectivity index (χ4n) is 3.15. The summed E-state index contributed by atoms with van der Waals surface area (Å²) in [4.78, 5) is 2.13. The molecule has 1 heterocycles. The lowest BCUT2D eigenvalue weighted by Gasteiger charge is -2.30. The second kappa shape index (κ2) is 7.43. The number of aromatic nitrogens is 2. The highest BCUT2D eigenvalue weighted by Crippen LogP contribution is 2.26. The quantitative estimate of drug-likeness (QED) is 0.907. The molecule has 0 aliphatic heterocycles. The molecule has 1 aromatic heterocycles. The minimum atomic E-state index is -0.184. The molecule has 1 fully saturated rings. The van der Waals surface area contributed by atoms with Gasteiger partial charge in [0.25, 0.3) is 0 Å². The van der Waals surface area contributed by atoms with Crippen molar-refractivity contribution in [2.24, 2.45) is 5.92 Å². The minimum Gasteiger partial charge on any atom is -0.419 e. The monoisotopic (exact) mass is 335 g/mol. The third-order valence-corrected chi connectivity index (χ3v) is 4.59. The molecular formula is C17H22ClN3O2. The van der Waals surface area contributed by atoms with Crippen molar-refractivity contribution in [3.05, 3.63) is 35.2 Å². The van der Waals surface area contributed by atoms with Crippen molar-refractivity contribution >= 4 is 11.6 Å². The zero-order chi connectivity index (χ0) is 16.2. The van der Waals surface area contributed by atoms with E-state index in [1.165, 1.54) is 6.42 Å². The Morgan fingerprint density at radius 2 is 2.13 bits per heavy atom. The van der Waals surface area contributed by atoms with E-state index in [-0.39, 0.29) is 6.10 Å². The highest BCUT2D eigenvalue weighted by molar-refractivity contribution is 6.30. The van der Waals surface area contributed by atoms with Crippen molar-refractivity contribution in [1.29, 1.82) is 0 Å². The molecule has 0 amide bonds. The molecule has 1 N–H and O–H groups in total. The van der Waals surface area contributed by atoms with E-state index >= 15 is 0 Å². The Kier molecular flexibility index (Phi) is 5.30. The molecule has 6 heteroatoms. The van der Waals surface area contributed by atoms with Crippen molar-refractivity contribution in [1.82, 2.24) is 15.1 Å². The molecule has 124 valence electrons. The molecule has 1 aliphatic rings. The molecule has 1 aromatic carbocycles. The number of aliphatic hydroxyl groups is 1. The van der Waals surface area contributed by atoms with E-state index in [1.54, 1.807) is 6.07 Å². The van der Waals surface area contributed by atoms with Crippen LogP contribution in [0.4, 0.5) is 0 Å². The first-order chi connectivity index (χ1) is 11.1. The van der Waals surface area contributed by atoms with E-state index in [1.807, 2.05) is 25.2 Å². The van der Waals surface area contributed by atoms with E-state index in [0.717, 1.165) is 31.4 Å². The van der Waals surface area contributed by atoms with Crippen molar-refractivity contribution < 1.29 is 9.52 Å². The number of nitrogens with zero attached hydrogens (tertiary/aromatic N) is 3. The maximum absolute atomic E-state index is 10.1. The Labute approximate surface area is 141 Å². The number of hydrogen-bond donors (Lipinski definition) is 1. The van der Waals surface area contributed by atoms with Crippen LogP contribution in [0.5, 0.6) is 0 Å². The van der Waals surface area contributed by atoms with Crippen molar-refractivity contribution in [3.63, 3.8) is 0 Å². The van der Waals surface area contributed by atoms with Crippen LogP contribution in [0.15, 0.2) is 28.7 Å². The van der Waals surface area contributed by atoms with Crippen LogP contribution in [0.25, 0.3) is 11.5 Å². The Hall–Kier alpha value is -1.43. The van der Waals surface area contributed by atoms with Gasteiger partial charge in [-0.25, -0.2) is 0 Å². The summed E-state index contributed by atoms with van der Waals surface area (Å²) in [6.45, 7) is 1.42. The maximum Gasteiger partial charge on any atom is 0.247 e. The Morgan fingerprint density at radius 3 is 2.91 bits per heavy atom. The summed E-state index contributed by atoms with van der Waals surface area (Å²) in [6, 6.07) is 7.37. The standard InChI is InChI=1S/C17H22ClN3O2/c1-21(10-13-5-2-3-8-15(13)22)11-16-19-20-17(23-16)12-6-4-7-14(18)9-12/h4,6-7,9,13,15,22H,2-3,5,8,10-11H2,1H3. The van der Waals surface area contributed by atoms with Gasteiger partial charge in [-0.15, -0.1) is 10.2 Å². The number of aliphatic hydroxyl groups excluding tert-OH is 1. The Bertz CT molecular complexity index is 646. The molecule has 1 aliphatic carbocycles. The van der Waals surface area contributed by atoms with Gasteiger partial charge in [-0.1, -0.05) is 30.5 Å². The molecule has 2 atom stereocenters. The highest BCUT2D eigenvalue weighted by Gasteiger charge is 2.24. The van der Waals surface area contributed by atoms with Crippen LogP contribution in [0.3, 0.4) is 0 Å². The molecule has 3 rings (SSSR count). The first-order valence-electron chi connectivity index (χ1n) is 8.07. The van der Waals surface area contributed by atoms with Crippen LogP contribution < -0.4 is 0 Å². The van der Waals surface area contributed by atoms with Gasteiger partial charge in [0, 0.05) is 17.1 Å². The third kappa shape index (κ3) is 4.31. The molecule has 0 radical (unpaired) electrons. The largest absolute Gasteiger partial charge is 0.419 e. The Morgan fingerprint density at radius 1 is 1.30 bits per heavy atom. The SMILES string of the molecule is CN(Cc1nnc(-c2cccc(Cl)c2)o1)CC1CCCCC1O. The molecule has 0 saturated heterocycles. The minimum absolute atomic E-state index is 0.184. The van der Waals surface area contributed by atoms with Gasteiger partial charge in [-0.3, -0.25) is 4.90 Å². The van der Waals surface area contributed by atoms with Gasteiger partial charge >= 0.3 is 0 Å². The first-order valence-corrected chi connectivity index (χ1v) is 8.44. The maximum atomic E-state index is 10.1. The van der Waals surface area contributed by atoms with Crippen molar-refractivity contribution in [3.8, 4) is 11.5 Å². The van der Waals surface area contributed by atoms with Gasteiger partial charge < -0.3 is 9.52 Å². The van der Waals surface area contributed by atoms with E-state index < -0.39 is 0 Å². The average Bonchev–Trinajstić information content (AvgIpc) is 2.98. The summed E-state index contributed by atoms with van der Waals surface area (Å²) >= 11 is 5.99. The fourth-order valence-corrected chi connectivity index (χ4v) is 3.34. The number of halogens is 1. The van der Waals surface area contributed by atoms with Crippen molar-refractivity contribution in [2.75, 3.05) is 13.6 Å². The lowest BCUT2D eigenvalue weighted by molar-refractivity contribution is 0.0488. The van der Waals surface area contributed by atoms with Crippen LogP contribution in [0.2, 0.25) is 5.02 Å². The zero-order valence-electron chi connectivity index (χ0n) is 13.3. The van der Waals surface area contributed by atoms with Crippen LogP contribution in [-0.4, -0.2) is 39.9 Å². The molecular weight excluding hydrogens is 314 g/mol. The van der Waals surface area contributed by atoms with Gasteiger partial charge in [0.1, 0.15) is 0 Å². The van der Waals surface area contributed by atoms with Crippen LogP contribution >= 0.6 is 11.6 Å². The third-order valence-electron chi connectivity index (χ3n) is 4.36. The summed E-state index contributed by atoms with van der Waals surface area (Å²) < 4.78 is 5.73. The first kappa shape index (κ1) is 16.4. The number of hydrogen-bond acceptors (Lipinski definition) is 5. The fraction of sp³-hybridized carbons (Fsp3) is 0.529. The van der Waals surface area contributed by atoms with E-state index in [2.05, 4.69) is 15.1 Å². The van der Waals surface area contributed by atoms with Gasteiger partial charge in [-0.05, 0) is 44.0 Å². The summed E-state index contributed by atoms with van der Waals surface area (Å²) in [7, 11) is 2.02. The van der Waals surface area contributed by atoms with Crippen LogP contribution in [0.1, 0.15) is 31.6 Å². The average molecular weight is 336 g/mol. The molecule has 23 heavy (non-hydrogen) atoms. The van der Waals surface area contributed by atoms with Gasteiger partial charge in [0.05, 0.1) is 12.6 Å². The van der Waals surface area contributed by atoms with Crippen molar-refractivity contribution in [2.45, 2.75) is 38.3 Å². The van der Waals surface area contributed by atoms with Crippen LogP contribution in [-0.2, 0) is 6.54 Å². The lowest BCUT2D eigenvalue weighted by atomic mass is 9.86. The van der Waals surface area contributed by atoms with E-state index in [9.17, 15) is 5.11 Å². The Balaban J connectivity index is 1.60. The van der Waals surface area contributed by atoms with Gasteiger partial charge in [0.2, 0.25) is 11.8 Å². The summed E-state index contributed by atoms with van der Waals surface area (Å²) in [6.07, 6.45) is 4.15. The molecule has 1 saturated carbocycles. The predicted molar refractivity (Wildman–Crippen MR) is 89.0 cm³/mol. The van der Waals surface area contributed by atoms with Gasteiger partial charge in [0.15, 0.2) is 0 Å². The predicted octanol–water partition coefficient (Wildman–Crippen LogP) is 3.37.